The summed E-state index contributed by atoms with van der Waals surface area (Å²) in [7, 11) is -2.43. The van der Waals surface area contributed by atoms with E-state index in [2.05, 4.69) is 5.32 Å². The quantitative estimate of drug-likeness (QED) is 0.551. The van der Waals surface area contributed by atoms with Crippen LogP contribution < -0.4 is 14.4 Å². The van der Waals surface area contributed by atoms with Crippen LogP contribution in [0.15, 0.2) is 89.8 Å². The van der Waals surface area contributed by atoms with Crippen LogP contribution in [0.1, 0.15) is 18.4 Å². The van der Waals surface area contributed by atoms with Gasteiger partial charge in [0, 0.05) is 6.54 Å². The Balaban J connectivity index is 1.78. The van der Waals surface area contributed by atoms with E-state index in [4.69, 9.17) is 4.74 Å². The number of hydrogen-bond donors (Lipinski definition) is 1. The average molecular weight is 439 g/mol. The molecule has 3 rings (SSSR count). The molecule has 0 aliphatic carbocycles. The molecule has 0 bridgehead atoms. The number of carbonyl (C=O) groups excluding carboxylic acids is 1. The zero-order valence-corrected chi connectivity index (χ0v) is 18.4. The van der Waals surface area contributed by atoms with E-state index in [-0.39, 0.29) is 23.3 Å². The fourth-order valence-corrected chi connectivity index (χ4v) is 4.56. The number of benzene rings is 3. The van der Waals surface area contributed by atoms with Gasteiger partial charge in [-0.25, -0.2) is 8.42 Å². The molecule has 7 heteroatoms. The lowest BCUT2D eigenvalue weighted by Crippen LogP contribution is -2.41. The molecular weight excluding hydrogens is 412 g/mol. The van der Waals surface area contributed by atoms with Crippen molar-refractivity contribution in [3.63, 3.8) is 0 Å². The molecule has 31 heavy (non-hydrogen) atoms. The summed E-state index contributed by atoms with van der Waals surface area (Å²) < 4.78 is 32.9. The molecule has 3 aromatic rings. The van der Waals surface area contributed by atoms with Crippen molar-refractivity contribution >= 4 is 21.6 Å². The van der Waals surface area contributed by atoms with Gasteiger partial charge >= 0.3 is 0 Å². The maximum absolute atomic E-state index is 13.3. The second-order valence-electron chi connectivity index (χ2n) is 7.14. The highest BCUT2D eigenvalue weighted by Gasteiger charge is 2.27. The molecule has 162 valence electrons. The monoisotopic (exact) mass is 438 g/mol. The summed E-state index contributed by atoms with van der Waals surface area (Å²) in [6.45, 7) is 2.10. The normalized spacial score (nSPS) is 12.1. The Morgan fingerprint density at radius 2 is 1.52 bits per heavy atom. The molecule has 0 aromatic heterocycles. The number of hydrogen-bond acceptors (Lipinski definition) is 4. The van der Waals surface area contributed by atoms with Gasteiger partial charge in [-0.05, 0) is 47.9 Å². The molecule has 3 aromatic carbocycles. The molecule has 0 radical (unpaired) electrons. The smallest absolute Gasteiger partial charge is 0.264 e. The third kappa shape index (κ3) is 5.64. The van der Waals surface area contributed by atoms with Gasteiger partial charge in [0.05, 0.1) is 17.7 Å². The van der Waals surface area contributed by atoms with Crippen LogP contribution >= 0.6 is 0 Å². The van der Waals surface area contributed by atoms with Crippen LogP contribution in [0.5, 0.6) is 5.75 Å². The van der Waals surface area contributed by atoms with Gasteiger partial charge in [-0.15, -0.1) is 0 Å². The molecule has 0 aliphatic heterocycles. The van der Waals surface area contributed by atoms with Crippen molar-refractivity contribution in [1.82, 2.24) is 5.32 Å². The molecule has 0 aliphatic rings. The van der Waals surface area contributed by atoms with E-state index in [0.29, 0.717) is 18.0 Å². The van der Waals surface area contributed by atoms with Crippen molar-refractivity contribution in [3.8, 4) is 5.75 Å². The van der Waals surface area contributed by atoms with Crippen LogP contribution in [0.3, 0.4) is 0 Å². The van der Waals surface area contributed by atoms with Crippen molar-refractivity contribution in [2.45, 2.75) is 17.7 Å². The van der Waals surface area contributed by atoms with E-state index < -0.39 is 10.0 Å². The molecular formula is C24H26N2O4S. The number of carbonyl (C=O) groups is 1. The van der Waals surface area contributed by atoms with Crippen LogP contribution in [0.4, 0.5) is 5.69 Å². The Morgan fingerprint density at radius 3 is 2.10 bits per heavy atom. The molecule has 0 saturated carbocycles. The number of ether oxygens (including phenoxy) is 1. The lowest BCUT2D eigenvalue weighted by Gasteiger charge is -2.24. The number of sulfonamides is 1. The highest BCUT2D eigenvalue weighted by atomic mass is 32.2. The number of nitrogens with zero attached hydrogens (tertiary/aromatic N) is 1. The number of methoxy groups -OCH3 is 1. The Labute approximate surface area is 183 Å². The Bertz CT molecular complexity index is 1090. The third-order valence-corrected chi connectivity index (χ3v) is 6.74. The van der Waals surface area contributed by atoms with Crippen molar-refractivity contribution in [1.29, 1.82) is 0 Å². The fourth-order valence-electron chi connectivity index (χ4n) is 3.14. The summed E-state index contributed by atoms with van der Waals surface area (Å²) in [5, 5.41) is 2.86. The van der Waals surface area contributed by atoms with Gasteiger partial charge in [-0.3, -0.25) is 9.10 Å². The zero-order valence-electron chi connectivity index (χ0n) is 17.6. The van der Waals surface area contributed by atoms with Crippen molar-refractivity contribution in [2.24, 2.45) is 0 Å². The van der Waals surface area contributed by atoms with Crippen LogP contribution in [-0.4, -0.2) is 34.5 Å². The van der Waals surface area contributed by atoms with Gasteiger partial charge in [0.15, 0.2) is 0 Å². The minimum Gasteiger partial charge on any atom is -0.497 e. The lowest BCUT2D eigenvalue weighted by atomic mass is 10.0. The largest absolute Gasteiger partial charge is 0.497 e. The van der Waals surface area contributed by atoms with Gasteiger partial charge in [0.2, 0.25) is 5.91 Å². The third-order valence-electron chi connectivity index (χ3n) is 4.95. The first kappa shape index (κ1) is 22.4. The summed E-state index contributed by atoms with van der Waals surface area (Å²) in [5.74, 6) is 0.287. The number of rotatable bonds is 9. The predicted molar refractivity (Wildman–Crippen MR) is 122 cm³/mol. The van der Waals surface area contributed by atoms with E-state index >= 15 is 0 Å². The van der Waals surface area contributed by atoms with E-state index in [1.54, 1.807) is 42.5 Å². The van der Waals surface area contributed by atoms with Crippen LogP contribution in [0.2, 0.25) is 0 Å². The summed E-state index contributed by atoms with van der Waals surface area (Å²) in [6.07, 6.45) is 0. The minimum absolute atomic E-state index is 0.0857. The van der Waals surface area contributed by atoms with E-state index in [9.17, 15) is 13.2 Å². The fraction of sp³-hybridized carbons (Fsp3) is 0.208. The zero-order chi connectivity index (χ0) is 22.3. The standard InChI is InChI=1S/C24H26N2O4S/c1-19(20-9-5-3-6-10-20)17-25-24(27)18-26(21-11-7-4-8-12-21)31(28,29)23-15-13-22(30-2)14-16-23/h3-16,19H,17-18H2,1-2H3,(H,25,27)/t19-/m0/s1. The SMILES string of the molecule is COc1ccc(S(=O)(=O)N(CC(=O)NC[C@H](C)c2ccccc2)c2ccccc2)cc1. The highest BCUT2D eigenvalue weighted by molar-refractivity contribution is 7.92. The summed E-state index contributed by atoms with van der Waals surface area (Å²) in [5.41, 5.74) is 1.53. The minimum atomic E-state index is -3.95. The van der Waals surface area contributed by atoms with Gasteiger partial charge in [0.1, 0.15) is 12.3 Å². The van der Waals surface area contributed by atoms with Crippen molar-refractivity contribution in [2.75, 3.05) is 24.5 Å². The first-order valence-electron chi connectivity index (χ1n) is 9.95. The Kier molecular flexibility index (Phi) is 7.31. The second kappa shape index (κ2) is 10.1. The average Bonchev–Trinajstić information content (AvgIpc) is 2.82. The summed E-state index contributed by atoms with van der Waals surface area (Å²) in [4.78, 5) is 12.8. The van der Waals surface area contributed by atoms with Crippen LogP contribution in [-0.2, 0) is 14.8 Å². The van der Waals surface area contributed by atoms with E-state index in [1.165, 1.54) is 19.2 Å². The Hall–Kier alpha value is -3.32. The second-order valence-corrected chi connectivity index (χ2v) is 9.00. The summed E-state index contributed by atoms with van der Waals surface area (Å²) in [6, 6.07) is 24.6. The molecule has 1 amide bonds. The predicted octanol–water partition coefficient (Wildman–Crippen LogP) is 3.81. The molecule has 6 nitrogen and oxygen atoms in total. The lowest BCUT2D eigenvalue weighted by molar-refractivity contribution is -0.119. The summed E-state index contributed by atoms with van der Waals surface area (Å²) >= 11 is 0. The molecule has 0 heterocycles. The van der Waals surface area contributed by atoms with Gasteiger partial charge < -0.3 is 10.1 Å². The molecule has 0 spiro atoms. The molecule has 0 fully saturated rings. The maximum atomic E-state index is 13.3. The van der Waals surface area contributed by atoms with Gasteiger partial charge in [-0.1, -0.05) is 55.5 Å². The first-order valence-corrected chi connectivity index (χ1v) is 11.4. The molecule has 1 atom stereocenters. The number of anilines is 1. The van der Waals surface area contributed by atoms with Gasteiger partial charge in [0.25, 0.3) is 10.0 Å². The topological polar surface area (TPSA) is 75.7 Å². The van der Waals surface area contributed by atoms with E-state index in [1.807, 2.05) is 37.3 Å². The van der Waals surface area contributed by atoms with Crippen molar-refractivity contribution < 1.29 is 17.9 Å². The number of amides is 1. The highest BCUT2D eigenvalue weighted by Crippen LogP contribution is 2.25. The molecule has 0 unspecified atom stereocenters. The van der Waals surface area contributed by atoms with E-state index in [0.717, 1.165) is 9.87 Å². The Morgan fingerprint density at radius 1 is 0.935 bits per heavy atom. The maximum Gasteiger partial charge on any atom is 0.264 e. The first-order chi connectivity index (χ1) is 14.9. The van der Waals surface area contributed by atoms with Gasteiger partial charge in [-0.2, -0.15) is 0 Å². The molecule has 1 N–H and O–H groups in total. The number of para-hydroxylation sites is 1. The number of nitrogens with one attached hydrogen (secondary N) is 1. The molecule has 0 saturated heterocycles. The van der Waals surface area contributed by atoms with Crippen molar-refractivity contribution in [3.05, 3.63) is 90.5 Å². The van der Waals surface area contributed by atoms with Crippen LogP contribution in [0, 0.1) is 0 Å². The van der Waals surface area contributed by atoms with Crippen LogP contribution in [0.25, 0.3) is 0 Å².